The first-order valence-electron chi connectivity index (χ1n) is 6.37. The SMILES string of the molecule is Cc1oc(-c2cccs2)nc1CSc1nnnn1CCN. The standard InChI is InChI=1S/C12H14N6OS2/c1-8-9(14-11(19-8)10-3-2-6-20-10)7-21-12-15-16-17-18(12)5-4-13/h2-3,6H,4-5,7,13H2,1H3. The molecule has 3 rings (SSSR count). The van der Waals surface area contributed by atoms with E-state index in [0.717, 1.165) is 21.5 Å². The number of thiophene rings is 1. The first kappa shape index (κ1) is 14.2. The van der Waals surface area contributed by atoms with Crippen LogP contribution in [0.5, 0.6) is 0 Å². The molecule has 3 aromatic rings. The first-order chi connectivity index (χ1) is 10.3. The molecule has 0 amide bonds. The molecule has 7 nitrogen and oxygen atoms in total. The molecular formula is C12H14N6OS2. The Bertz CT molecular complexity index is 705. The normalized spacial score (nSPS) is 11.1. The lowest BCUT2D eigenvalue weighted by Gasteiger charge is -2.00. The molecule has 0 saturated carbocycles. The molecule has 21 heavy (non-hydrogen) atoms. The van der Waals surface area contributed by atoms with Gasteiger partial charge < -0.3 is 10.2 Å². The van der Waals surface area contributed by atoms with Gasteiger partial charge in [-0.25, -0.2) is 9.67 Å². The van der Waals surface area contributed by atoms with Crippen LogP contribution in [0.2, 0.25) is 0 Å². The Morgan fingerprint density at radius 1 is 1.48 bits per heavy atom. The van der Waals surface area contributed by atoms with Gasteiger partial charge in [-0.05, 0) is 28.8 Å². The van der Waals surface area contributed by atoms with Gasteiger partial charge in [0.2, 0.25) is 11.0 Å². The summed E-state index contributed by atoms with van der Waals surface area (Å²) in [6.07, 6.45) is 0. The van der Waals surface area contributed by atoms with Crippen molar-refractivity contribution in [3.8, 4) is 10.8 Å². The highest BCUT2D eigenvalue weighted by atomic mass is 32.2. The zero-order valence-corrected chi connectivity index (χ0v) is 13.0. The molecule has 0 aliphatic carbocycles. The van der Waals surface area contributed by atoms with Crippen LogP contribution in [-0.2, 0) is 12.3 Å². The number of hydrogen-bond donors (Lipinski definition) is 1. The number of tetrazole rings is 1. The lowest BCUT2D eigenvalue weighted by atomic mass is 10.4. The summed E-state index contributed by atoms with van der Waals surface area (Å²) >= 11 is 3.13. The highest BCUT2D eigenvalue weighted by molar-refractivity contribution is 7.98. The summed E-state index contributed by atoms with van der Waals surface area (Å²) in [6, 6.07) is 3.98. The van der Waals surface area contributed by atoms with Crippen molar-refractivity contribution in [1.82, 2.24) is 25.2 Å². The van der Waals surface area contributed by atoms with Crippen molar-refractivity contribution >= 4 is 23.1 Å². The Morgan fingerprint density at radius 3 is 3.14 bits per heavy atom. The fourth-order valence-electron chi connectivity index (χ4n) is 1.76. The highest BCUT2D eigenvalue weighted by Gasteiger charge is 2.14. The van der Waals surface area contributed by atoms with Crippen molar-refractivity contribution in [1.29, 1.82) is 0 Å². The minimum absolute atomic E-state index is 0.504. The third-order valence-corrected chi connectivity index (χ3v) is 4.63. The Morgan fingerprint density at radius 2 is 2.38 bits per heavy atom. The summed E-state index contributed by atoms with van der Waals surface area (Å²) in [5, 5.41) is 14.3. The molecule has 0 aliphatic rings. The number of thioether (sulfide) groups is 1. The second-order valence-corrected chi connectivity index (χ2v) is 6.15. The van der Waals surface area contributed by atoms with E-state index in [1.807, 2.05) is 24.4 Å². The number of rotatable bonds is 6. The molecule has 0 atom stereocenters. The van der Waals surface area contributed by atoms with Crippen LogP contribution < -0.4 is 5.73 Å². The van der Waals surface area contributed by atoms with Crippen LogP contribution in [0.4, 0.5) is 0 Å². The fourth-order valence-corrected chi connectivity index (χ4v) is 3.32. The van der Waals surface area contributed by atoms with Crippen LogP contribution in [-0.4, -0.2) is 31.7 Å². The highest BCUT2D eigenvalue weighted by Crippen LogP contribution is 2.28. The van der Waals surface area contributed by atoms with Crippen LogP contribution in [0.1, 0.15) is 11.5 Å². The maximum atomic E-state index is 5.71. The van der Waals surface area contributed by atoms with Gasteiger partial charge >= 0.3 is 0 Å². The van der Waals surface area contributed by atoms with Crippen LogP contribution in [0.25, 0.3) is 10.8 Å². The fraction of sp³-hybridized carbons (Fsp3) is 0.333. The average molecular weight is 322 g/mol. The van der Waals surface area contributed by atoms with Gasteiger partial charge in [0, 0.05) is 12.3 Å². The van der Waals surface area contributed by atoms with E-state index in [2.05, 4.69) is 20.5 Å². The summed E-state index contributed by atoms with van der Waals surface area (Å²) in [7, 11) is 0. The van der Waals surface area contributed by atoms with Crippen LogP contribution in [0, 0.1) is 6.92 Å². The van der Waals surface area contributed by atoms with E-state index >= 15 is 0 Å². The van der Waals surface area contributed by atoms with Crippen molar-refractivity contribution in [2.24, 2.45) is 5.73 Å². The molecule has 0 spiro atoms. The van der Waals surface area contributed by atoms with E-state index in [0.29, 0.717) is 24.7 Å². The molecule has 2 N–H and O–H groups in total. The Balaban J connectivity index is 1.72. The van der Waals surface area contributed by atoms with E-state index in [4.69, 9.17) is 10.2 Å². The number of nitrogens with two attached hydrogens (primary N) is 1. The van der Waals surface area contributed by atoms with Gasteiger partial charge in [-0.1, -0.05) is 17.8 Å². The van der Waals surface area contributed by atoms with E-state index in [9.17, 15) is 0 Å². The lowest BCUT2D eigenvalue weighted by Crippen LogP contribution is -2.12. The first-order valence-corrected chi connectivity index (χ1v) is 8.23. The summed E-state index contributed by atoms with van der Waals surface area (Å²) < 4.78 is 7.41. The largest absolute Gasteiger partial charge is 0.440 e. The Kier molecular flexibility index (Phi) is 4.32. The number of hydrogen-bond acceptors (Lipinski definition) is 8. The van der Waals surface area contributed by atoms with Gasteiger partial charge in [0.15, 0.2) is 0 Å². The summed E-state index contributed by atoms with van der Waals surface area (Å²) in [5.41, 5.74) is 6.43. The number of nitrogens with zero attached hydrogens (tertiary/aromatic N) is 5. The van der Waals surface area contributed by atoms with Crippen LogP contribution in [0.15, 0.2) is 27.1 Å². The zero-order chi connectivity index (χ0) is 14.7. The van der Waals surface area contributed by atoms with Gasteiger partial charge in [0.05, 0.1) is 17.1 Å². The van der Waals surface area contributed by atoms with Gasteiger partial charge in [-0.15, -0.1) is 16.4 Å². The summed E-state index contributed by atoms with van der Waals surface area (Å²) in [4.78, 5) is 5.58. The third kappa shape index (κ3) is 3.14. The van der Waals surface area contributed by atoms with Gasteiger partial charge in [0.25, 0.3) is 0 Å². The van der Waals surface area contributed by atoms with Crippen molar-refractivity contribution < 1.29 is 4.42 Å². The van der Waals surface area contributed by atoms with E-state index in [-0.39, 0.29) is 0 Å². The Hall–Kier alpha value is -1.71. The van der Waals surface area contributed by atoms with Crippen molar-refractivity contribution in [3.63, 3.8) is 0 Å². The van der Waals surface area contributed by atoms with Crippen LogP contribution in [0.3, 0.4) is 0 Å². The molecule has 0 bridgehead atoms. The van der Waals surface area contributed by atoms with E-state index in [1.54, 1.807) is 16.0 Å². The molecule has 0 aliphatic heterocycles. The van der Waals surface area contributed by atoms with Crippen LogP contribution >= 0.6 is 23.1 Å². The molecule has 3 aromatic heterocycles. The molecule has 0 unspecified atom stereocenters. The van der Waals surface area contributed by atoms with Crippen molar-refractivity contribution in [3.05, 3.63) is 29.0 Å². The zero-order valence-electron chi connectivity index (χ0n) is 11.4. The predicted octanol–water partition coefficient (Wildman–Crippen LogP) is 1.95. The second kappa shape index (κ2) is 6.37. The van der Waals surface area contributed by atoms with Crippen molar-refractivity contribution in [2.75, 3.05) is 6.54 Å². The minimum atomic E-state index is 0.504. The number of aryl methyl sites for hydroxylation is 1. The molecular weight excluding hydrogens is 308 g/mol. The maximum absolute atomic E-state index is 5.71. The van der Waals surface area contributed by atoms with Gasteiger partial charge in [0.1, 0.15) is 5.76 Å². The average Bonchev–Trinajstić information content (AvgIpc) is 3.18. The quantitative estimate of drug-likeness (QED) is 0.693. The molecule has 3 heterocycles. The maximum Gasteiger partial charge on any atom is 0.236 e. The third-order valence-electron chi connectivity index (χ3n) is 2.80. The molecule has 0 fully saturated rings. The topological polar surface area (TPSA) is 95.6 Å². The van der Waals surface area contributed by atoms with Gasteiger partial charge in [-0.3, -0.25) is 0 Å². The predicted molar refractivity (Wildman–Crippen MR) is 81.0 cm³/mol. The number of aromatic nitrogens is 5. The minimum Gasteiger partial charge on any atom is -0.440 e. The molecule has 110 valence electrons. The second-order valence-electron chi connectivity index (χ2n) is 4.26. The van der Waals surface area contributed by atoms with E-state index < -0.39 is 0 Å². The molecule has 0 radical (unpaired) electrons. The number of oxazole rings is 1. The monoisotopic (exact) mass is 322 g/mol. The van der Waals surface area contributed by atoms with Crippen molar-refractivity contribution in [2.45, 2.75) is 24.4 Å². The smallest absolute Gasteiger partial charge is 0.236 e. The molecule has 0 saturated heterocycles. The molecule has 9 heteroatoms. The van der Waals surface area contributed by atoms with Gasteiger partial charge in [-0.2, -0.15) is 0 Å². The summed E-state index contributed by atoms with van der Waals surface area (Å²) in [5.74, 6) is 2.15. The molecule has 0 aromatic carbocycles. The summed E-state index contributed by atoms with van der Waals surface area (Å²) in [6.45, 7) is 3.03. The Labute approximate surface area is 129 Å². The van der Waals surface area contributed by atoms with E-state index in [1.165, 1.54) is 11.8 Å². The lowest BCUT2D eigenvalue weighted by molar-refractivity contribution is 0.541.